The molecule has 5 aromatic rings. The quantitative estimate of drug-likeness (QED) is 0.239. The van der Waals surface area contributed by atoms with E-state index in [2.05, 4.69) is 34.1 Å². The van der Waals surface area contributed by atoms with Gasteiger partial charge < -0.3 is 19.4 Å². The summed E-state index contributed by atoms with van der Waals surface area (Å²) in [7, 11) is 1.63. The molecule has 6 nitrogen and oxygen atoms in total. The molecule has 4 aromatic carbocycles. The van der Waals surface area contributed by atoms with Crippen LogP contribution in [0.4, 0.5) is 0 Å². The molecule has 0 aliphatic heterocycles. The van der Waals surface area contributed by atoms with Crippen LogP contribution in [0.3, 0.4) is 0 Å². The molecule has 1 amide bonds. The molecule has 0 bridgehead atoms. The molecule has 1 aromatic heterocycles. The monoisotopic (exact) mass is 493 g/mol. The first kappa shape index (κ1) is 24.4. The Hall–Kier alpha value is -4.32. The van der Waals surface area contributed by atoms with Gasteiger partial charge in [-0.2, -0.15) is 0 Å². The molecule has 0 aliphatic carbocycles. The van der Waals surface area contributed by atoms with Crippen molar-refractivity contribution in [1.82, 2.24) is 14.9 Å². The number of nitrogens with zero attached hydrogens (tertiary/aromatic N) is 2. The second-order valence-electron chi connectivity index (χ2n) is 9.10. The van der Waals surface area contributed by atoms with Crippen LogP contribution in [0.15, 0.2) is 91.0 Å². The number of amides is 1. The van der Waals surface area contributed by atoms with Crippen molar-refractivity contribution in [2.75, 3.05) is 13.7 Å². The van der Waals surface area contributed by atoms with E-state index in [-0.39, 0.29) is 11.9 Å². The van der Waals surface area contributed by atoms with Crippen LogP contribution in [0.25, 0.3) is 21.8 Å². The second-order valence-corrected chi connectivity index (χ2v) is 9.10. The van der Waals surface area contributed by atoms with E-state index in [0.29, 0.717) is 13.0 Å². The number of hydrogen-bond donors (Lipinski definition) is 1. The lowest BCUT2D eigenvalue weighted by molar-refractivity contribution is -0.121. The van der Waals surface area contributed by atoms with Crippen LogP contribution < -0.4 is 14.8 Å². The Morgan fingerprint density at radius 2 is 1.70 bits per heavy atom. The van der Waals surface area contributed by atoms with Gasteiger partial charge in [0.1, 0.15) is 17.3 Å². The van der Waals surface area contributed by atoms with E-state index >= 15 is 0 Å². The van der Waals surface area contributed by atoms with E-state index in [0.717, 1.165) is 52.3 Å². The van der Waals surface area contributed by atoms with E-state index < -0.39 is 0 Å². The smallest absolute Gasteiger partial charge is 0.224 e. The number of rotatable bonds is 10. The van der Waals surface area contributed by atoms with Crippen LogP contribution in [-0.4, -0.2) is 29.2 Å². The summed E-state index contributed by atoms with van der Waals surface area (Å²) in [5.74, 6) is 2.47. The lowest BCUT2D eigenvalue weighted by atomic mass is 10.1. The molecule has 5 rings (SSSR count). The molecule has 1 heterocycles. The maximum absolute atomic E-state index is 12.8. The number of aromatic nitrogens is 2. The van der Waals surface area contributed by atoms with Gasteiger partial charge >= 0.3 is 0 Å². The first-order valence-electron chi connectivity index (χ1n) is 12.6. The molecular weight excluding hydrogens is 462 g/mol. The fourth-order valence-corrected chi connectivity index (χ4v) is 4.67. The minimum atomic E-state index is -0.239. The Morgan fingerprint density at radius 3 is 2.54 bits per heavy atom. The van der Waals surface area contributed by atoms with Gasteiger partial charge in [0.2, 0.25) is 5.91 Å². The minimum Gasteiger partial charge on any atom is -0.497 e. The van der Waals surface area contributed by atoms with Gasteiger partial charge in [0.25, 0.3) is 0 Å². The Labute approximate surface area is 216 Å². The van der Waals surface area contributed by atoms with Crippen molar-refractivity contribution in [3.63, 3.8) is 0 Å². The highest BCUT2D eigenvalue weighted by molar-refractivity contribution is 5.88. The number of carbonyl (C=O) groups is 1. The van der Waals surface area contributed by atoms with Crippen molar-refractivity contribution in [3.05, 3.63) is 102 Å². The number of para-hydroxylation sites is 2. The fraction of sp³-hybridized carbons (Fsp3) is 0.226. The summed E-state index contributed by atoms with van der Waals surface area (Å²) < 4.78 is 13.6. The third-order valence-corrected chi connectivity index (χ3v) is 6.51. The average Bonchev–Trinajstić information content (AvgIpc) is 3.30. The maximum atomic E-state index is 12.8. The molecule has 188 valence electrons. The molecule has 0 saturated heterocycles. The van der Waals surface area contributed by atoms with E-state index in [1.54, 1.807) is 7.11 Å². The number of fused-ring (bicyclic) bond motifs is 2. The van der Waals surface area contributed by atoms with Crippen molar-refractivity contribution in [1.29, 1.82) is 0 Å². The van der Waals surface area contributed by atoms with E-state index in [1.807, 2.05) is 73.7 Å². The molecular formula is C31H31N3O3. The van der Waals surface area contributed by atoms with Crippen LogP contribution >= 0.6 is 0 Å². The average molecular weight is 494 g/mol. The van der Waals surface area contributed by atoms with Crippen molar-refractivity contribution in [2.45, 2.75) is 32.4 Å². The van der Waals surface area contributed by atoms with Crippen molar-refractivity contribution in [3.8, 4) is 11.5 Å². The van der Waals surface area contributed by atoms with E-state index in [1.165, 1.54) is 5.39 Å². The zero-order valence-corrected chi connectivity index (χ0v) is 21.2. The highest BCUT2D eigenvalue weighted by atomic mass is 16.5. The summed E-state index contributed by atoms with van der Waals surface area (Å²) in [6.07, 6.45) is 1.11. The predicted molar refractivity (Wildman–Crippen MR) is 147 cm³/mol. The van der Waals surface area contributed by atoms with Crippen LogP contribution in [0.2, 0.25) is 0 Å². The number of hydrogen-bond acceptors (Lipinski definition) is 4. The number of ether oxygens (including phenoxy) is 2. The first-order chi connectivity index (χ1) is 18.1. The van der Waals surface area contributed by atoms with Gasteiger partial charge in [0.05, 0.1) is 37.2 Å². The first-order valence-corrected chi connectivity index (χ1v) is 12.6. The summed E-state index contributed by atoms with van der Waals surface area (Å²) in [4.78, 5) is 17.7. The Bertz CT molecular complexity index is 1500. The molecule has 1 unspecified atom stereocenters. The third-order valence-electron chi connectivity index (χ3n) is 6.51. The van der Waals surface area contributed by atoms with Gasteiger partial charge in [0, 0.05) is 11.9 Å². The van der Waals surface area contributed by atoms with Crippen molar-refractivity contribution in [2.24, 2.45) is 0 Å². The van der Waals surface area contributed by atoms with Crippen LogP contribution in [0.5, 0.6) is 11.5 Å². The topological polar surface area (TPSA) is 65.4 Å². The number of benzene rings is 4. The molecule has 0 saturated carbocycles. The summed E-state index contributed by atoms with van der Waals surface area (Å²) in [6.45, 7) is 3.30. The van der Waals surface area contributed by atoms with Gasteiger partial charge in [-0.3, -0.25) is 4.79 Å². The maximum Gasteiger partial charge on any atom is 0.224 e. The summed E-state index contributed by atoms with van der Waals surface area (Å²) in [6, 6.07) is 29.8. The van der Waals surface area contributed by atoms with Gasteiger partial charge in [-0.15, -0.1) is 0 Å². The summed E-state index contributed by atoms with van der Waals surface area (Å²) >= 11 is 0. The zero-order chi connectivity index (χ0) is 25.6. The molecule has 0 fully saturated rings. The van der Waals surface area contributed by atoms with E-state index in [4.69, 9.17) is 14.5 Å². The molecule has 0 aliphatic rings. The lowest BCUT2D eigenvalue weighted by Gasteiger charge is -2.17. The van der Waals surface area contributed by atoms with Gasteiger partial charge in [-0.1, -0.05) is 60.7 Å². The van der Waals surface area contributed by atoms with Crippen molar-refractivity contribution < 1.29 is 14.3 Å². The predicted octanol–water partition coefficient (Wildman–Crippen LogP) is 6.09. The van der Waals surface area contributed by atoms with Crippen LogP contribution in [-0.2, 0) is 17.8 Å². The SMILES string of the molecule is COc1ccc(CC(=O)NC(C)c2nc3ccccc3n2CCCOc2cccc3ccccc23)cc1. The standard InChI is InChI=1S/C31H31N3O3/c1-22(32-30(35)21-23-15-17-25(36-2)18-16-23)31-33-27-12-5-6-13-28(27)34(31)19-8-20-37-29-14-7-10-24-9-3-4-11-26(24)29/h3-7,9-18,22H,8,19-21H2,1-2H3,(H,32,35). The minimum absolute atomic E-state index is 0.0458. The number of nitrogens with one attached hydrogen (secondary N) is 1. The molecule has 1 N–H and O–H groups in total. The lowest BCUT2D eigenvalue weighted by Crippen LogP contribution is -2.30. The van der Waals surface area contributed by atoms with Gasteiger partial charge in [-0.05, 0) is 54.6 Å². The number of methoxy groups -OCH3 is 1. The normalized spacial score (nSPS) is 11.9. The third kappa shape index (κ3) is 5.59. The highest BCUT2D eigenvalue weighted by Crippen LogP contribution is 2.26. The van der Waals surface area contributed by atoms with Gasteiger partial charge in [0.15, 0.2) is 0 Å². The second kappa shape index (κ2) is 11.2. The molecule has 0 spiro atoms. The Kier molecular flexibility index (Phi) is 7.36. The fourth-order valence-electron chi connectivity index (χ4n) is 4.67. The van der Waals surface area contributed by atoms with E-state index in [9.17, 15) is 4.79 Å². The Balaban J connectivity index is 1.26. The zero-order valence-electron chi connectivity index (χ0n) is 21.2. The Morgan fingerprint density at radius 1 is 0.946 bits per heavy atom. The van der Waals surface area contributed by atoms with Crippen LogP contribution in [0.1, 0.15) is 30.8 Å². The number of imidazole rings is 1. The molecule has 37 heavy (non-hydrogen) atoms. The highest BCUT2D eigenvalue weighted by Gasteiger charge is 2.18. The molecule has 6 heteroatoms. The summed E-state index contributed by atoms with van der Waals surface area (Å²) in [5.41, 5.74) is 2.91. The number of carbonyl (C=O) groups excluding carboxylic acids is 1. The largest absolute Gasteiger partial charge is 0.497 e. The molecule has 1 atom stereocenters. The molecule has 0 radical (unpaired) electrons. The van der Waals surface area contributed by atoms with Gasteiger partial charge in [-0.25, -0.2) is 4.98 Å². The van der Waals surface area contributed by atoms with Crippen molar-refractivity contribution >= 4 is 27.7 Å². The summed E-state index contributed by atoms with van der Waals surface area (Å²) in [5, 5.41) is 5.41. The number of aryl methyl sites for hydroxylation is 1. The van der Waals surface area contributed by atoms with Crippen LogP contribution in [0, 0.1) is 0 Å².